The van der Waals surface area contributed by atoms with Gasteiger partial charge in [0.25, 0.3) is 0 Å². The lowest BCUT2D eigenvalue weighted by molar-refractivity contribution is 0.938. The first-order chi connectivity index (χ1) is 6.77. The number of nitrogens with two attached hydrogens (primary N) is 1. The average molecular weight is 185 g/mol. The lowest BCUT2D eigenvalue weighted by atomic mass is 10.1. The minimum Gasteiger partial charge on any atom is -0.398 e. The molecule has 1 rings (SSSR count). The fourth-order valence-electron chi connectivity index (χ4n) is 0.962. The Hall–Kier alpha value is -1.97. The van der Waals surface area contributed by atoms with E-state index in [1.54, 1.807) is 18.2 Å². The van der Waals surface area contributed by atoms with E-state index in [-0.39, 0.29) is 0 Å². The molecule has 1 aromatic carbocycles. The second kappa shape index (κ2) is 4.91. The minimum atomic E-state index is 0.577. The molecule has 70 valence electrons. The zero-order chi connectivity index (χ0) is 10.4. The van der Waals surface area contributed by atoms with Gasteiger partial charge in [0.15, 0.2) is 0 Å². The van der Waals surface area contributed by atoms with Crippen molar-refractivity contribution in [2.75, 3.05) is 19.3 Å². The van der Waals surface area contributed by atoms with Crippen molar-refractivity contribution in [3.8, 4) is 17.9 Å². The summed E-state index contributed by atoms with van der Waals surface area (Å²) in [6.45, 7) is 0.607. The summed E-state index contributed by atoms with van der Waals surface area (Å²) in [6, 6.07) is 7.11. The number of nitrogens with one attached hydrogen (secondary N) is 1. The molecule has 0 amide bonds. The number of hydrogen-bond acceptors (Lipinski definition) is 3. The maximum absolute atomic E-state index is 8.67. The van der Waals surface area contributed by atoms with E-state index in [4.69, 9.17) is 11.0 Å². The Kier molecular flexibility index (Phi) is 3.55. The molecule has 0 radical (unpaired) electrons. The second-order valence-corrected chi connectivity index (χ2v) is 2.75. The van der Waals surface area contributed by atoms with E-state index < -0.39 is 0 Å². The summed E-state index contributed by atoms with van der Waals surface area (Å²) >= 11 is 0. The molecule has 3 N–H and O–H groups in total. The number of rotatable bonds is 1. The number of nitriles is 1. The van der Waals surface area contributed by atoms with Gasteiger partial charge in [-0.3, -0.25) is 0 Å². The molecule has 0 saturated heterocycles. The molecule has 0 saturated carbocycles. The fourth-order valence-corrected chi connectivity index (χ4v) is 0.962. The third-order valence-corrected chi connectivity index (χ3v) is 1.67. The highest BCUT2D eigenvalue weighted by molar-refractivity contribution is 5.58. The summed E-state index contributed by atoms with van der Waals surface area (Å²) in [4.78, 5) is 0. The predicted octanol–water partition coefficient (Wildman–Crippen LogP) is 0.711. The molecular formula is C11H11N3. The molecule has 0 heterocycles. The van der Waals surface area contributed by atoms with Crippen molar-refractivity contribution < 1.29 is 0 Å². The van der Waals surface area contributed by atoms with Crippen LogP contribution in [0.25, 0.3) is 0 Å². The molecule has 3 heteroatoms. The van der Waals surface area contributed by atoms with Crippen LogP contribution in [0.4, 0.5) is 5.69 Å². The van der Waals surface area contributed by atoms with Crippen LogP contribution < -0.4 is 11.1 Å². The Balaban J connectivity index is 2.98. The Morgan fingerprint density at radius 1 is 1.50 bits per heavy atom. The van der Waals surface area contributed by atoms with E-state index in [9.17, 15) is 0 Å². The van der Waals surface area contributed by atoms with Crippen molar-refractivity contribution in [2.24, 2.45) is 0 Å². The van der Waals surface area contributed by atoms with Crippen LogP contribution in [0.15, 0.2) is 18.2 Å². The maximum Gasteiger partial charge on any atom is 0.0992 e. The molecule has 0 bridgehead atoms. The van der Waals surface area contributed by atoms with Gasteiger partial charge in [-0.1, -0.05) is 11.8 Å². The Morgan fingerprint density at radius 3 is 2.93 bits per heavy atom. The fraction of sp³-hybridized carbons (Fsp3) is 0.182. The minimum absolute atomic E-state index is 0.577. The SMILES string of the molecule is CNCC#Cc1cc(C#N)ccc1N. The summed E-state index contributed by atoms with van der Waals surface area (Å²) < 4.78 is 0. The first kappa shape index (κ1) is 10.1. The molecule has 0 unspecified atom stereocenters. The number of anilines is 1. The van der Waals surface area contributed by atoms with Gasteiger partial charge in [-0.15, -0.1) is 0 Å². The van der Waals surface area contributed by atoms with Gasteiger partial charge < -0.3 is 11.1 Å². The maximum atomic E-state index is 8.67. The van der Waals surface area contributed by atoms with Gasteiger partial charge in [0.1, 0.15) is 0 Å². The van der Waals surface area contributed by atoms with Crippen LogP contribution in [0.1, 0.15) is 11.1 Å². The topological polar surface area (TPSA) is 61.8 Å². The molecule has 0 aliphatic rings. The highest BCUT2D eigenvalue weighted by Crippen LogP contribution is 2.11. The van der Waals surface area contributed by atoms with Crippen LogP contribution in [-0.2, 0) is 0 Å². The lowest BCUT2D eigenvalue weighted by Gasteiger charge is -1.97. The Morgan fingerprint density at radius 2 is 2.29 bits per heavy atom. The first-order valence-electron chi connectivity index (χ1n) is 4.21. The molecular weight excluding hydrogens is 174 g/mol. The lowest BCUT2D eigenvalue weighted by Crippen LogP contribution is -2.04. The molecule has 3 nitrogen and oxygen atoms in total. The van der Waals surface area contributed by atoms with E-state index in [0.29, 0.717) is 23.4 Å². The Bertz CT molecular complexity index is 418. The number of nitrogens with zero attached hydrogens (tertiary/aromatic N) is 1. The number of hydrogen-bond donors (Lipinski definition) is 2. The van der Waals surface area contributed by atoms with E-state index in [0.717, 1.165) is 0 Å². The smallest absolute Gasteiger partial charge is 0.0992 e. The highest BCUT2D eigenvalue weighted by Gasteiger charge is 1.96. The zero-order valence-corrected chi connectivity index (χ0v) is 7.96. The van der Waals surface area contributed by atoms with Crippen LogP contribution in [0.2, 0.25) is 0 Å². The number of nitrogen functional groups attached to an aromatic ring is 1. The number of benzene rings is 1. The van der Waals surface area contributed by atoms with Crippen molar-refractivity contribution in [1.82, 2.24) is 5.32 Å². The molecule has 0 spiro atoms. The molecule has 0 aromatic heterocycles. The van der Waals surface area contributed by atoms with Gasteiger partial charge in [-0.2, -0.15) is 5.26 Å². The van der Waals surface area contributed by atoms with Crippen LogP contribution >= 0.6 is 0 Å². The van der Waals surface area contributed by atoms with E-state index >= 15 is 0 Å². The van der Waals surface area contributed by atoms with Crippen molar-refractivity contribution in [3.63, 3.8) is 0 Å². The summed E-state index contributed by atoms with van der Waals surface area (Å²) in [5, 5.41) is 11.6. The van der Waals surface area contributed by atoms with E-state index in [1.165, 1.54) is 0 Å². The predicted molar refractivity (Wildman–Crippen MR) is 56.4 cm³/mol. The van der Waals surface area contributed by atoms with Crippen molar-refractivity contribution in [2.45, 2.75) is 0 Å². The van der Waals surface area contributed by atoms with Gasteiger partial charge in [-0.05, 0) is 25.2 Å². The monoisotopic (exact) mass is 185 g/mol. The van der Waals surface area contributed by atoms with Gasteiger partial charge >= 0.3 is 0 Å². The summed E-state index contributed by atoms with van der Waals surface area (Å²) in [7, 11) is 1.82. The van der Waals surface area contributed by atoms with Crippen LogP contribution in [0, 0.1) is 23.2 Å². The summed E-state index contributed by atoms with van der Waals surface area (Å²) in [5.74, 6) is 5.79. The molecule has 0 atom stereocenters. The molecule has 0 aliphatic carbocycles. The normalized spacial score (nSPS) is 8.57. The standard InChI is InChI=1S/C11H11N3/c1-14-6-2-3-10-7-9(8-12)4-5-11(10)13/h4-5,7,14H,6,13H2,1H3. The van der Waals surface area contributed by atoms with Gasteiger partial charge in [0.05, 0.1) is 18.2 Å². The average Bonchev–Trinajstić information content (AvgIpc) is 2.21. The van der Waals surface area contributed by atoms with E-state index in [1.807, 2.05) is 13.1 Å². The third-order valence-electron chi connectivity index (χ3n) is 1.67. The first-order valence-corrected chi connectivity index (χ1v) is 4.21. The Labute approximate surface area is 83.5 Å². The quantitative estimate of drug-likeness (QED) is 0.500. The van der Waals surface area contributed by atoms with Crippen molar-refractivity contribution in [3.05, 3.63) is 29.3 Å². The van der Waals surface area contributed by atoms with Gasteiger partial charge in [0, 0.05) is 11.3 Å². The third kappa shape index (κ3) is 2.52. The van der Waals surface area contributed by atoms with Gasteiger partial charge in [0.2, 0.25) is 0 Å². The van der Waals surface area contributed by atoms with Crippen LogP contribution in [-0.4, -0.2) is 13.6 Å². The summed E-state index contributed by atoms with van der Waals surface area (Å²) in [6.07, 6.45) is 0. The molecule has 0 aliphatic heterocycles. The molecule has 14 heavy (non-hydrogen) atoms. The summed E-state index contributed by atoms with van der Waals surface area (Å²) in [5.41, 5.74) is 7.58. The van der Waals surface area contributed by atoms with Crippen molar-refractivity contribution >= 4 is 5.69 Å². The van der Waals surface area contributed by atoms with Crippen molar-refractivity contribution in [1.29, 1.82) is 5.26 Å². The zero-order valence-electron chi connectivity index (χ0n) is 7.96. The van der Waals surface area contributed by atoms with Gasteiger partial charge in [-0.25, -0.2) is 0 Å². The largest absolute Gasteiger partial charge is 0.398 e. The van der Waals surface area contributed by atoms with Crippen LogP contribution in [0.5, 0.6) is 0 Å². The van der Waals surface area contributed by atoms with E-state index in [2.05, 4.69) is 17.2 Å². The second-order valence-electron chi connectivity index (χ2n) is 2.75. The van der Waals surface area contributed by atoms with Crippen LogP contribution in [0.3, 0.4) is 0 Å². The molecule has 1 aromatic rings. The molecule has 0 fully saturated rings. The highest BCUT2D eigenvalue weighted by atomic mass is 14.8.